The molecule has 0 saturated heterocycles. The average molecular weight is 271 g/mol. The Balaban J connectivity index is 2.19. The van der Waals surface area contributed by atoms with Crippen LogP contribution in [-0.2, 0) is 0 Å². The summed E-state index contributed by atoms with van der Waals surface area (Å²) in [5.74, 6) is 0. The minimum atomic E-state index is 1.09. The molecule has 0 aliphatic carbocycles. The fraction of sp³-hybridized carbons (Fsp3) is 0. The summed E-state index contributed by atoms with van der Waals surface area (Å²) < 4.78 is 1.09. The predicted molar refractivity (Wildman–Crippen MR) is 73.0 cm³/mol. The second-order valence-corrected chi connectivity index (χ2v) is 4.34. The first-order valence-electron chi connectivity index (χ1n) is 5.08. The summed E-state index contributed by atoms with van der Waals surface area (Å²) in [4.78, 5) is 0. The van der Waals surface area contributed by atoms with Crippen molar-refractivity contribution >= 4 is 28.1 Å². The topological polar surface area (TPSA) is 0 Å². The van der Waals surface area contributed by atoms with Crippen LogP contribution in [0.15, 0.2) is 64.8 Å². The maximum atomic E-state index is 3.44. The zero-order chi connectivity index (χ0) is 11.2. The standard InChI is InChI=1S/C15H11Br/c16-15-11-5-10-14(12-15)9-4-8-13-6-2-1-3-7-13/h1-3,5-12H. The van der Waals surface area contributed by atoms with Crippen LogP contribution in [0.2, 0.25) is 0 Å². The van der Waals surface area contributed by atoms with Gasteiger partial charge in [-0.15, -0.1) is 5.73 Å². The van der Waals surface area contributed by atoms with Crippen LogP contribution in [0, 0.1) is 0 Å². The van der Waals surface area contributed by atoms with Gasteiger partial charge in [0, 0.05) is 4.47 Å². The normalized spacial score (nSPS) is 9.31. The molecule has 0 radical (unpaired) electrons. The number of halogens is 1. The van der Waals surface area contributed by atoms with Crippen LogP contribution in [0.1, 0.15) is 11.1 Å². The Bertz CT molecular complexity index is 520. The van der Waals surface area contributed by atoms with E-state index in [-0.39, 0.29) is 0 Å². The van der Waals surface area contributed by atoms with Crippen molar-refractivity contribution in [2.45, 2.75) is 0 Å². The Morgan fingerprint density at radius 3 is 2.25 bits per heavy atom. The molecule has 0 atom stereocenters. The molecular formula is C15H11Br. The van der Waals surface area contributed by atoms with Crippen molar-refractivity contribution in [1.82, 2.24) is 0 Å². The van der Waals surface area contributed by atoms with Crippen LogP contribution >= 0.6 is 15.9 Å². The summed E-state index contributed by atoms with van der Waals surface area (Å²) >= 11 is 3.44. The fourth-order valence-corrected chi connectivity index (χ4v) is 1.80. The third-order valence-corrected chi connectivity index (χ3v) is 2.64. The molecule has 78 valence electrons. The summed E-state index contributed by atoms with van der Waals surface area (Å²) in [6.07, 6.45) is 3.94. The van der Waals surface area contributed by atoms with Crippen molar-refractivity contribution in [1.29, 1.82) is 0 Å². The Labute approximate surface area is 104 Å². The van der Waals surface area contributed by atoms with Crippen molar-refractivity contribution in [3.8, 4) is 0 Å². The monoisotopic (exact) mass is 270 g/mol. The highest BCUT2D eigenvalue weighted by Gasteiger charge is 1.87. The molecule has 0 fully saturated rings. The third-order valence-electron chi connectivity index (χ3n) is 2.15. The highest BCUT2D eigenvalue weighted by Crippen LogP contribution is 2.12. The van der Waals surface area contributed by atoms with Gasteiger partial charge in [-0.1, -0.05) is 58.4 Å². The predicted octanol–water partition coefficient (Wildman–Crippen LogP) is 4.77. The van der Waals surface area contributed by atoms with Gasteiger partial charge in [-0.05, 0) is 35.4 Å². The summed E-state index contributed by atoms with van der Waals surface area (Å²) in [7, 11) is 0. The number of hydrogen-bond acceptors (Lipinski definition) is 0. The van der Waals surface area contributed by atoms with Crippen LogP contribution in [0.4, 0.5) is 0 Å². The van der Waals surface area contributed by atoms with Gasteiger partial charge in [0.05, 0.1) is 0 Å². The Morgan fingerprint density at radius 2 is 1.50 bits per heavy atom. The molecule has 0 spiro atoms. The highest BCUT2D eigenvalue weighted by molar-refractivity contribution is 9.10. The lowest BCUT2D eigenvalue weighted by atomic mass is 10.2. The van der Waals surface area contributed by atoms with Gasteiger partial charge in [-0.3, -0.25) is 0 Å². The van der Waals surface area contributed by atoms with Crippen LogP contribution in [0.3, 0.4) is 0 Å². The van der Waals surface area contributed by atoms with E-state index in [2.05, 4.69) is 45.9 Å². The number of benzene rings is 2. The molecular weight excluding hydrogens is 260 g/mol. The molecule has 2 aromatic carbocycles. The van der Waals surface area contributed by atoms with Crippen LogP contribution in [-0.4, -0.2) is 0 Å². The molecule has 0 aliphatic rings. The molecule has 0 saturated carbocycles. The first-order valence-corrected chi connectivity index (χ1v) is 5.87. The Hall–Kier alpha value is -1.56. The Kier molecular flexibility index (Phi) is 3.76. The second kappa shape index (κ2) is 5.50. The highest BCUT2D eigenvalue weighted by atomic mass is 79.9. The van der Waals surface area contributed by atoms with Crippen molar-refractivity contribution in [3.05, 3.63) is 75.9 Å². The van der Waals surface area contributed by atoms with E-state index in [1.54, 1.807) is 0 Å². The Morgan fingerprint density at radius 1 is 0.812 bits per heavy atom. The number of hydrogen-bond donors (Lipinski definition) is 0. The molecule has 0 aliphatic heterocycles. The molecule has 0 bridgehead atoms. The SMILES string of the molecule is Brc1cccc(C=C=Cc2ccccc2)c1. The van der Waals surface area contributed by atoms with Crippen LogP contribution < -0.4 is 0 Å². The molecule has 0 amide bonds. The zero-order valence-corrected chi connectivity index (χ0v) is 10.3. The minimum Gasteiger partial charge on any atom is -0.120 e. The van der Waals surface area contributed by atoms with Crippen molar-refractivity contribution < 1.29 is 0 Å². The van der Waals surface area contributed by atoms with Gasteiger partial charge in [0.25, 0.3) is 0 Å². The molecule has 16 heavy (non-hydrogen) atoms. The fourth-order valence-electron chi connectivity index (χ4n) is 1.38. The van der Waals surface area contributed by atoms with E-state index in [9.17, 15) is 0 Å². The average Bonchev–Trinajstić information content (AvgIpc) is 2.30. The first-order chi connectivity index (χ1) is 7.84. The van der Waals surface area contributed by atoms with Crippen molar-refractivity contribution in [2.24, 2.45) is 0 Å². The third kappa shape index (κ3) is 3.23. The van der Waals surface area contributed by atoms with Gasteiger partial charge in [-0.2, -0.15) is 0 Å². The van der Waals surface area contributed by atoms with Gasteiger partial charge < -0.3 is 0 Å². The zero-order valence-electron chi connectivity index (χ0n) is 8.73. The maximum Gasteiger partial charge on any atom is 0.0181 e. The van der Waals surface area contributed by atoms with E-state index in [0.29, 0.717) is 0 Å². The minimum absolute atomic E-state index is 1.09. The lowest BCUT2D eigenvalue weighted by Gasteiger charge is -1.91. The lowest BCUT2D eigenvalue weighted by molar-refractivity contribution is 1.61. The van der Waals surface area contributed by atoms with Crippen LogP contribution in [0.5, 0.6) is 0 Å². The quantitative estimate of drug-likeness (QED) is 0.690. The van der Waals surface area contributed by atoms with E-state index < -0.39 is 0 Å². The smallest absolute Gasteiger partial charge is 0.0181 e. The van der Waals surface area contributed by atoms with E-state index in [0.717, 1.165) is 15.6 Å². The van der Waals surface area contributed by atoms with Crippen LogP contribution in [0.25, 0.3) is 12.2 Å². The maximum absolute atomic E-state index is 3.44. The van der Waals surface area contributed by atoms with E-state index in [4.69, 9.17) is 0 Å². The second-order valence-electron chi connectivity index (χ2n) is 3.42. The number of rotatable bonds is 2. The molecule has 0 N–H and O–H groups in total. The van der Waals surface area contributed by atoms with Crippen molar-refractivity contribution in [2.75, 3.05) is 0 Å². The summed E-state index contributed by atoms with van der Waals surface area (Å²) in [6.45, 7) is 0. The molecule has 0 nitrogen and oxygen atoms in total. The molecule has 2 rings (SSSR count). The molecule has 2 aromatic rings. The summed E-state index contributed by atoms with van der Waals surface area (Å²) in [6, 6.07) is 18.3. The first kappa shape index (κ1) is 10.9. The van der Waals surface area contributed by atoms with E-state index >= 15 is 0 Å². The van der Waals surface area contributed by atoms with Gasteiger partial charge in [0.15, 0.2) is 0 Å². The largest absolute Gasteiger partial charge is 0.120 e. The molecule has 1 heteroatoms. The van der Waals surface area contributed by atoms with Gasteiger partial charge in [0.1, 0.15) is 0 Å². The van der Waals surface area contributed by atoms with Crippen molar-refractivity contribution in [3.63, 3.8) is 0 Å². The molecule has 0 heterocycles. The van der Waals surface area contributed by atoms with E-state index in [1.165, 1.54) is 0 Å². The molecule has 0 unspecified atom stereocenters. The van der Waals surface area contributed by atoms with Gasteiger partial charge in [0.2, 0.25) is 0 Å². The summed E-state index contributed by atoms with van der Waals surface area (Å²) in [5.41, 5.74) is 5.48. The van der Waals surface area contributed by atoms with Gasteiger partial charge in [-0.25, -0.2) is 0 Å². The lowest BCUT2D eigenvalue weighted by Crippen LogP contribution is -1.69. The van der Waals surface area contributed by atoms with E-state index in [1.807, 2.05) is 42.5 Å². The summed E-state index contributed by atoms with van der Waals surface area (Å²) in [5, 5.41) is 0. The van der Waals surface area contributed by atoms with Gasteiger partial charge >= 0.3 is 0 Å². The molecule has 0 aromatic heterocycles.